The third-order valence-corrected chi connectivity index (χ3v) is 3.42. The molecule has 5 nitrogen and oxygen atoms in total. The van der Waals surface area contributed by atoms with Gasteiger partial charge in [0.05, 0.1) is 6.61 Å². The fraction of sp³-hybridized carbons (Fsp3) is 0.200. The highest BCUT2D eigenvalue weighted by Gasteiger charge is 2.12. The number of hydrogen-bond acceptors (Lipinski definition) is 4. The monoisotopic (exact) mass is 255 g/mol. The van der Waals surface area contributed by atoms with Gasteiger partial charge in [-0.15, -0.1) is 5.10 Å². The topological polar surface area (TPSA) is 70.9 Å². The first-order valence-corrected chi connectivity index (χ1v) is 5.62. The van der Waals surface area contributed by atoms with Crippen molar-refractivity contribution >= 4 is 11.8 Å². The summed E-state index contributed by atoms with van der Waals surface area (Å²) in [6, 6.07) is 4.49. The van der Waals surface area contributed by atoms with E-state index in [1.165, 1.54) is 10.6 Å². The number of aromatic amines is 1. The molecule has 2 N–H and O–H groups in total. The van der Waals surface area contributed by atoms with Gasteiger partial charge in [0.25, 0.3) is 0 Å². The lowest BCUT2D eigenvalue weighted by Crippen LogP contribution is -2.12. The van der Waals surface area contributed by atoms with Crippen LogP contribution in [0.5, 0.6) is 0 Å². The van der Waals surface area contributed by atoms with Crippen LogP contribution in [0.3, 0.4) is 0 Å². The fourth-order valence-corrected chi connectivity index (χ4v) is 2.25. The van der Waals surface area contributed by atoms with Crippen molar-refractivity contribution in [2.24, 2.45) is 7.05 Å². The minimum Gasteiger partial charge on any atom is -0.392 e. The maximum absolute atomic E-state index is 13.4. The number of aliphatic hydroxyl groups excluding tert-OH is 1. The smallest absolute Gasteiger partial charge is 0.343 e. The summed E-state index contributed by atoms with van der Waals surface area (Å²) >= 11 is 1.12. The van der Waals surface area contributed by atoms with E-state index >= 15 is 0 Å². The second kappa shape index (κ2) is 4.72. The van der Waals surface area contributed by atoms with Gasteiger partial charge in [0.15, 0.2) is 5.16 Å². The van der Waals surface area contributed by atoms with Crippen molar-refractivity contribution in [3.63, 3.8) is 0 Å². The van der Waals surface area contributed by atoms with Crippen molar-refractivity contribution in [1.29, 1.82) is 0 Å². The molecule has 90 valence electrons. The van der Waals surface area contributed by atoms with Gasteiger partial charge in [-0.25, -0.2) is 14.3 Å². The zero-order valence-corrected chi connectivity index (χ0v) is 9.79. The number of hydrogen-bond donors (Lipinski definition) is 2. The van der Waals surface area contributed by atoms with Gasteiger partial charge < -0.3 is 5.11 Å². The van der Waals surface area contributed by atoms with E-state index in [0.717, 1.165) is 11.8 Å². The van der Waals surface area contributed by atoms with Crippen molar-refractivity contribution < 1.29 is 9.50 Å². The molecule has 0 radical (unpaired) electrons. The first-order valence-electron chi connectivity index (χ1n) is 4.81. The Morgan fingerprint density at radius 1 is 1.59 bits per heavy atom. The molecule has 0 saturated carbocycles. The zero-order chi connectivity index (χ0) is 12.4. The van der Waals surface area contributed by atoms with Crippen LogP contribution in [0.25, 0.3) is 0 Å². The molecule has 0 spiro atoms. The van der Waals surface area contributed by atoms with Crippen molar-refractivity contribution in [3.8, 4) is 0 Å². The number of nitrogens with zero attached hydrogens (tertiary/aromatic N) is 2. The van der Waals surface area contributed by atoms with Gasteiger partial charge in [-0.05, 0) is 23.9 Å². The summed E-state index contributed by atoms with van der Waals surface area (Å²) in [5.74, 6) is -0.474. The fourth-order valence-electron chi connectivity index (χ4n) is 1.31. The highest BCUT2D eigenvalue weighted by molar-refractivity contribution is 7.99. The van der Waals surface area contributed by atoms with Crippen molar-refractivity contribution in [3.05, 3.63) is 40.1 Å². The molecule has 17 heavy (non-hydrogen) atoms. The van der Waals surface area contributed by atoms with Crippen LogP contribution < -0.4 is 5.69 Å². The summed E-state index contributed by atoms with van der Waals surface area (Å²) in [7, 11) is 1.56. The minimum absolute atomic E-state index is 0.202. The Bertz CT molecular complexity index is 593. The Labute approximate surface area is 100 Å². The van der Waals surface area contributed by atoms with E-state index in [0.29, 0.717) is 10.1 Å². The van der Waals surface area contributed by atoms with Crippen LogP contribution in [0.15, 0.2) is 33.0 Å². The van der Waals surface area contributed by atoms with E-state index in [9.17, 15) is 9.18 Å². The van der Waals surface area contributed by atoms with Crippen molar-refractivity contribution in [2.75, 3.05) is 0 Å². The van der Waals surface area contributed by atoms with E-state index in [1.54, 1.807) is 19.2 Å². The van der Waals surface area contributed by atoms with Crippen LogP contribution in [-0.4, -0.2) is 19.9 Å². The molecule has 1 heterocycles. The Hall–Kier alpha value is -1.60. The highest BCUT2D eigenvalue weighted by atomic mass is 32.2. The molecule has 0 fully saturated rings. The lowest BCUT2D eigenvalue weighted by Gasteiger charge is -2.06. The predicted molar refractivity (Wildman–Crippen MR) is 60.3 cm³/mol. The molecule has 0 bridgehead atoms. The van der Waals surface area contributed by atoms with Gasteiger partial charge in [0, 0.05) is 17.5 Å². The first kappa shape index (κ1) is 11.9. The number of nitrogens with one attached hydrogen (secondary N) is 1. The number of aliphatic hydroxyl groups is 1. The third kappa shape index (κ3) is 2.25. The van der Waals surface area contributed by atoms with Gasteiger partial charge in [-0.3, -0.25) is 4.57 Å². The van der Waals surface area contributed by atoms with Crippen molar-refractivity contribution in [2.45, 2.75) is 16.7 Å². The standard InChI is InChI=1S/C10H10FN3O2S/c1-14-9(16)12-13-10(14)17-8-4-2-3-7(11)6(8)5-15/h2-4,15H,5H2,1H3,(H,12,16). The second-order valence-electron chi connectivity index (χ2n) is 3.35. The summed E-state index contributed by atoms with van der Waals surface area (Å²) in [5.41, 5.74) is -0.137. The maximum atomic E-state index is 13.4. The molecule has 1 aromatic heterocycles. The summed E-state index contributed by atoms with van der Waals surface area (Å²) in [6.45, 7) is -0.395. The molecule has 0 saturated heterocycles. The van der Waals surface area contributed by atoms with Gasteiger partial charge in [0.1, 0.15) is 5.82 Å². The Morgan fingerprint density at radius 2 is 2.35 bits per heavy atom. The van der Waals surface area contributed by atoms with Crippen LogP contribution in [-0.2, 0) is 13.7 Å². The molecule has 0 aliphatic carbocycles. The number of benzene rings is 1. The van der Waals surface area contributed by atoms with Gasteiger partial charge in [0.2, 0.25) is 0 Å². The summed E-state index contributed by atoms with van der Waals surface area (Å²) < 4.78 is 14.7. The number of rotatable bonds is 3. The minimum atomic E-state index is -0.474. The maximum Gasteiger partial charge on any atom is 0.343 e. The highest BCUT2D eigenvalue weighted by Crippen LogP contribution is 2.29. The molecule has 0 amide bonds. The van der Waals surface area contributed by atoms with Gasteiger partial charge in [-0.2, -0.15) is 0 Å². The summed E-state index contributed by atoms with van der Waals surface area (Å²) in [5, 5.41) is 15.6. The van der Waals surface area contributed by atoms with E-state index in [1.807, 2.05) is 0 Å². The van der Waals surface area contributed by atoms with Crippen LogP contribution in [0.2, 0.25) is 0 Å². The zero-order valence-electron chi connectivity index (χ0n) is 8.98. The van der Waals surface area contributed by atoms with Crippen molar-refractivity contribution in [1.82, 2.24) is 14.8 Å². The Balaban J connectivity index is 2.39. The lowest BCUT2D eigenvalue weighted by atomic mass is 10.2. The lowest BCUT2D eigenvalue weighted by molar-refractivity contribution is 0.272. The number of halogens is 1. The SMILES string of the molecule is Cn1c(Sc2cccc(F)c2CO)n[nH]c1=O. The molecule has 0 atom stereocenters. The van der Waals surface area contributed by atoms with E-state index in [4.69, 9.17) is 5.11 Å². The molecule has 2 rings (SSSR count). The Kier molecular flexibility index (Phi) is 3.30. The number of H-pyrrole nitrogens is 1. The molecule has 1 aromatic carbocycles. The van der Waals surface area contributed by atoms with Gasteiger partial charge in [-0.1, -0.05) is 6.07 Å². The van der Waals surface area contributed by atoms with Crippen LogP contribution >= 0.6 is 11.8 Å². The average Bonchev–Trinajstić information content (AvgIpc) is 2.61. The van der Waals surface area contributed by atoms with E-state index in [2.05, 4.69) is 10.2 Å². The second-order valence-corrected chi connectivity index (χ2v) is 4.36. The van der Waals surface area contributed by atoms with Crippen LogP contribution in [0.4, 0.5) is 4.39 Å². The van der Waals surface area contributed by atoms with Crippen LogP contribution in [0, 0.1) is 5.82 Å². The molecule has 0 aliphatic rings. The number of aromatic nitrogens is 3. The average molecular weight is 255 g/mol. The molecule has 2 aromatic rings. The molecule has 0 aliphatic heterocycles. The van der Waals surface area contributed by atoms with Crippen LogP contribution in [0.1, 0.15) is 5.56 Å². The largest absolute Gasteiger partial charge is 0.392 e. The van der Waals surface area contributed by atoms with Gasteiger partial charge >= 0.3 is 5.69 Å². The molecular formula is C10H10FN3O2S. The normalized spacial score (nSPS) is 10.8. The van der Waals surface area contributed by atoms with E-state index in [-0.39, 0.29) is 11.3 Å². The first-order chi connectivity index (χ1) is 8.13. The third-order valence-electron chi connectivity index (χ3n) is 2.27. The van der Waals surface area contributed by atoms with E-state index < -0.39 is 12.4 Å². The molecular weight excluding hydrogens is 245 g/mol. The molecule has 7 heteroatoms. The summed E-state index contributed by atoms with van der Waals surface area (Å²) in [6.07, 6.45) is 0. The Morgan fingerprint density at radius 3 is 2.94 bits per heavy atom. The summed E-state index contributed by atoms with van der Waals surface area (Å²) in [4.78, 5) is 11.7. The molecule has 0 unspecified atom stereocenters. The predicted octanol–water partition coefficient (Wildman–Crippen LogP) is 0.891. The quantitative estimate of drug-likeness (QED) is 0.854.